The molecule has 3 aliphatic rings. The summed E-state index contributed by atoms with van der Waals surface area (Å²) in [6.45, 7) is 5.28. The van der Waals surface area contributed by atoms with Gasteiger partial charge < -0.3 is 87.1 Å². The smallest absolute Gasteiger partial charge is 0.251 e. The molecule has 3 aromatic rings. The second-order valence-electron chi connectivity index (χ2n) is 21.1. The summed E-state index contributed by atoms with van der Waals surface area (Å²) in [5, 5.41) is 110. The number of nitrogens with zero attached hydrogens (tertiary/aromatic N) is 2. The molecule has 25 heteroatoms. The number of aromatic hydroxyl groups is 1. The highest BCUT2D eigenvalue weighted by Gasteiger charge is 2.50. The molecule has 3 saturated heterocycles. The normalized spacial score (nSPS) is 27.2. The van der Waals surface area contributed by atoms with Gasteiger partial charge in [0, 0.05) is 37.4 Å². The highest BCUT2D eigenvalue weighted by molar-refractivity contribution is 6.00. The number of hydrogen-bond donors (Lipinski definition) is 14. The van der Waals surface area contributed by atoms with Crippen molar-refractivity contribution in [3.63, 3.8) is 0 Å². The van der Waals surface area contributed by atoms with Crippen LogP contribution in [0.3, 0.4) is 0 Å². The monoisotopic (exact) mass is 1160 g/mol. The molecule has 0 aromatic heterocycles. The molecular weight excluding hydrogens is 1080 g/mol. The first-order valence-electron chi connectivity index (χ1n) is 27.7. The lowest BCUT2D eigenvalue weighted by Crippen LogP contribution is -2.64. The minimum absolute atomic E-state index is 0.00468. The third-order valence-corrected chi connectivity index (χ3v) is 14.5. The summed E-state index contributed by atoms with van der Waals surface area (Å²) in [5.74, 6) is -8.94. The van der Waals surface area contributed by atoms with E-state index in [1.165, 1.54) is 49.4 Å². The van der Waals surface area contributed by atoms with E-state index in [0.29, 0.717) is 12.4 Å². The number of phenolic OH excluding ortho intramolecular Hbond substituents is 1. The Kier molecular flexibility index (Phi) is 25.5. The number of unbranched alkanes of at least 4 members (excludes halogenated alkanes) is 5. The number of fused-ring (bicyclic) bond motifs is 2. The molecule has 7 amide bonds. The minimum Gasteiger partial charge on any atom is -0.508 e. The van der Waals surface area contributed by atoms with E-state index >= 15 is 0 Å². The van der Waals surface area contributed by atoms with Crippen LogP contribution in [0.5, 0.6) is 11.5 Å². The highest BCUT2D eigenvalue weighted by Crippen LogP contribution is 2.28. The van der Waals surface area contributed by atoms with Crippen molar-refractivity contribution >= 4 is 53.7 Å². The van der Waals surface area contributed by atoms with Crippen molar-refractivity contribution in [3.05, 3.63) is 102 Å². The number of benzene rings is 3. The molecule has 3 heterocycles. The van der Waals surface area contributed by atoms with Crippen molar-refractivity contribution < 1.29 is 89.1 Å². The van der Waals surface area contributed by atoms with Gasteiger partial charge in [0.1, 0.15) is 72.3 Å². The molecule has 2 unspecified atom stereocenters. The van der Waals surface area contributed by atoms with Crippen LogP contribution in [0.1, 0.15) is 107 Å². The second-order valence-corrected chi connectivity index (χ2v) is 21.1. The number of carbonyl (C=O) groups excluding carboxylic acids is 8. The van der Waals surface area contributed by atoms with Gasteiger partial charge in [-0.25, -0.2) is 0 Å². The van der Waals surface area contributed by atoms with E-state index in [1.807, 2.05) is 30.3 Å². The van der Waals surface area contributed by atoms with Crippen LogP contribution in [0.25, 0.3) is 6.08 Å². The molecule has 3 aliphatic heterocycles. The Morgan fingerprint density at radius 1 is 0.699 bits per heavy atom. The van der Waals surface area contributed by atoms with Crippen molar-refractivity contribution in [3.8, 4) is 11.5 Å². The van der Waals surface area contributed by atoms with Crippen LogP contribution in [0.15, 0.2) is 84.9 Å². The van der Waals surface area contributed by atoms with Crippen LogP contribution >= 0.6 is 0 Å². The molecular formula is C58H79N7O18. The van der Waals surface area contributed by atoms with E-state index in [0.717, 1.165) is 86.2 Å². The first-order chi connectivity index (χ1) is 39.5. The standard InChI is InChI=1S/C49H71N7O17.C9H8O/c1-5-6-7-8-9-10-19-73-31-17-13-28(14-18-31)42(65)50-32-21-34(61)45(68)54-47(70)38-39(62)24(2)22-56(38)49(72)36(26(4)58)52-46(69)37(41(64)40(63)27-11-15-29(59)16-12-27)53-44(67)33-20-30(60)23-55(33)48(71)35(25(3)57)51-43(32)66;10-8-4-7-9-5-2-1-3-6-9/h11-18,24-26,30,32-41,45,57-64,68H,5-10,19-23H2,1-4H3,(H,50,65)(H,51,66)(H,52,69)(H,53,67)(H,54,70);1-8H/b;7-4-/t24-,25?,26?,30+,32-,33-,34+,35-,36-,37-,38-,39-,40-,41-,45+;/m0./s1. The van der Waals surface area contributed by atoms with Crippen molar-refractivity contribution in [2.45, 2.75) is 164 Å². The van der Waals surface area contributed by atoms with E-state index in [1.54, 1.807) is 6.08 Å². The summed E-state index contributed by atoms with van der Waals surface area (Å²) in [6, 6.07) is 8.68. The number of phenols is 1. The Morgan fingerprint density at radius 2 is 1.29 bits per heavy atom. The summed E-state index contributed by atoms with van der Waals surface area (Å²) in [5.41, 5.74) is 0.985. The maximum atomic E-state index is 14.4. The molecule has 3 aromatic carbocycles. The predicted molar refractivity (Wildman–Crippen MR) is 298 cm³/mol. The third-order valence-electron chi connectivity index (χ3n) is 14.5. The fourth-order valence-electron chi connectivity index (χ4n) is 9.76. The predicted octanol–water partition coefficient (Wildman–Crippen LogP) is -1.19. The van der Waals surface area contributed by atoms with Gasteiger partial charge in [0.15, 0.2) is 6.23 Å². The first kappa shape index (κ1) is 66.4. The van der Waals surface area contributed by atoms with Gasteiger partial charge >= 0.3 is 0 Å². The average molecular weight is 1160 g/mol. The number of amides is 7. The van der Waals surface area contributed by atoms with Gasteiger partial charge in [-0.3, -0.25) is 38.4 Å². The molecule has 0 spiro atoms. The van der Waals surface area contributed by atoms with E-state index in [-0.39, 0.29) is 23.4 Å². The maximum Gasteiger partial charge on any atom is 0.251 e. The molecule has 0 bridgehead atoms. The molecule has 3 fully saturated rings. The molecule has 6 rings (SSSR count). The Bertz CT molecular complexity index is 2660. The SMILES string of the molecule is CCCCCCCCOc1ccc(C(=O)N[C@H]2C[C@@H](O)[C@@H](O)NC(=O)[C@@H]3[C@@H](O)[C@@H](C)CN3C(=O)[C@H](C(C)O)NC(=O)[C@H]([C@H](O)[C@@H](O)c3ccc(O)cc3)NC(=O)[C@@H]3C[C@@H](O)CN3C(=O)[C@H](C(C)O)NC2=O)cc1.O=C/C=C\c1ccccc1. The Labute approximate surface area is 480 Å². The lowest BCUT2D eigenvalue weighted by Gasteiger charge is -2.34. The lowest BCUT2D eigenvalue weighted by atomic mass is 9.96. The van der Waals surface area contributed by atoms with Gasteiger partial charge in [-0.15, -0.1) is 0 Å². The molecule has 0 aliphatic carbocycles. The van der Waals surface area contributed by atoms with Gasteiger partial charge in [-0.1, -0.05) is 94.5 Å². The summed E-state index contributed by atoms with van der Waals surface area (Å²) in [7, 11) is 0. The van der Waals surface area contributed by atoms with Crippen LogP contribution < -0.4 is 31.3 Å². The number of ether oxygens (including phenoxy) is 1. The number of carbonyl (C=O) groups is 8. The van der Waals surface area contributed by atoms with Gasteiger partial charge in [0.2, 0.25) is 35.4 Å². The maximum absolute atomic E-state index is 14.4. The van der Waals surface area contributed by atoms with Gasteiger partial charge in [-0.05, 0) is 73.9 Å². The zero-order valence-corrected chi connectivity index (χ0v) is 46.8. The topological polar surface area (TPSA) is 394 Å². The molecule has 454 valence electrons. The first-order valence-corrected chi connectivity index (χ1v) is 27.7. The molecule has 25 nitrogen and oxygen atoms in total. The zero-order valence-electron chi connectivity index (χ0n) is 46.8. The number of allylic oxidation sites excluding steroid dienone is 1. The van der Waals surface area contributed by atoms with E-state index < -0.39 is 152 Å². The number of nitrogens with one attached hydrogen (secondary N) is 5. The van der Waals surface area contributed by atoms with Crippen molar-refractivity contribution in [2.75, 3.05) is 19.7 Å². The molecule has 15 atom stereocenters. The van der Waals surface area contributed by atoms with E-state index in [9.17, 15) is 84.3 Å². The number of rotatable bonds is 17. The molecule has 83 heavy (non-hydrogen) atoms. The van der Waals surface area contributed by atoms with Crippen LogP contribution in [0.4, 0.5) is 0 Å². The van der Waals surface area contributed by atoms with Crippen LogP contribution in [0.2, 0.25) is 0 Å². The summed E-state index contributed by atoms with van der Waals surface area (Å²) in [6.07, 6.45) is -6.34. The van der Waals surface area contributed by atoms with Crippen molar-refractivity contribution in [2.24, 2.45) is 5.92 Å². The van der Waals surface area contributed by atoms with Gasteiger partial charge in [0.05, 0.1) is 31.0 Å². The van der Waals surface area contributed by atoms with Crippen LogP contribution in [-0.2, 0) is 33.6 Å². The Balaban J connectivity index is 0.00000114. The Morgan fingerprint density at radius 3 is 1.90 bits per heavy atom. The molecule has 0 radical (unpaired) electrons. The van der Waals surface area contributed by atoms with E-state index in [4.69, 9.17) is 4.74 Å². The van der Waals surface area contributed by atoms with Crippen molar-refractivity contribution in [1.29, 1.82) is 0 Å². The van der Waals surface area contributed by atoms with Gasteiger partial charge in [-0.2, -0.15) is 0 Å². The van der Waals surface area contributed by atoms with Crippen LogP contribution in [0, 0.1) is 5.92 Å². The molecule has 0 saturated carbocycles. The number of aliphatic hydroxyl groups excluding tert-OH is 8. The third kappa shape index (κ3) is 18.6. The molecule has 14 N–H and O–H groups in total. The van der Waals surface area contributed by atoms with Gasteiger partial charge in [0.25, 0.3) is 5.91 Å². The lowest BCUT2D eigenvalue weighted by molar-refractivity contribution is -0.148. The van der Waals surface area contributed by atoms with Crippen LogP contribution in [-0.4, -0.2) is 202 Å². The quantitative estimate of drug-likeness (QED) is 0.0429. The number of aliphatic hydroxyl groups is 8. The Hall–Kier alpha value is -7.36. The largest absolute Gasteiger partial charge is 0.508 e. The number of hydrogen-bond acceptors (Lipinski definition) is 18. The fourth-order valence-corrected chi connectivity index (χ4v) is 9.76. The second kappa shape index (κ2) is 31.9. The summed E-state index contributed by atoms with van der Waals surface area (Å²) in [4.78, 5) is 111. The van der Waals surface area contributed by atoms with Crippen molar-refractivity contribution in [1.82, 2.24) is 36.4 Å². The minimum atomic E-state index is -2.28. The summed E-state index contributed by atoms with van der Waals surface area (Å²) >= 11 is 0. The number of aldehydes is 1. The zero-order chi connectivity index (χ0) is 61.1. The average Bonchev–Trinajstić information content (AvgIpc) is 4.17. The summed E-state index contributed by atoms with van der Waals surface area (Å²) < 4.78 is 5.81. The van der Waals surface area contributed by atoms with E-state index in [2.05, 4.69) is 33.5 Å². The highest BCUT2D eigenvalue weighted by atomic mass is 16.5. The fraction of sp³-hybridized carbons (Fsp3) is 0.517.